The molecule has 1 aliphatic heterocycles. The number of hydrogen-bond acceptors (Lipinski definition) is 5. The van der Waals surface area contributed by atoms with E-state index in [9.17, 15) is 8.42 Å². The van der Waals surface area contributed by atoms with Gasteiger partial charge in [-0.1, -0.05) is 6.92 Å². The van der Waals surface area contributed by atoms with E-state index in [1.165, 1.54) is 4.88 Å². The summed E-state index contributed by atoms with van der Waals surface area (Å²) in [6.07, 6.45) is 2.60. The van der Waals surface area contributed by atoms with Gasteiger partial charge in [-0.15, -0.1) is 11.3 Å². The molecule has 17 heavy (non-hydrogen) atoms. The molecule has 1 saturated heterocycles. The van der Waals surface area contributed by atoms with Gasteiger partial charge in [-0.3, -0.25) is 0 Å². The third-order valence-electron chi connectivity index (χ3n) is 3.06. The second-order valence-electron chi connectivity index (χ2n) is 4.48. The summed E-state index contributed by atoms with van der Waals surface area (Å²) in [6.45, 7) is 5.10. The zero-order chi connectivity index (χ0) is 12.5. The van der Waals surface area contributed by atoms with E-state index >= 15 is 0 Å². The van der Waals surface area contributed by atoms with Crippen molar-refractivity contribution in [2.75, 3.05) is 18.1 Å². The molecule has 1 aromatic heterocycles. The van der Waals surface area contributed by atoms with Gasteiger partial charge < -0.3 is 5.32 Å². The van der Waals surface area contributed by atoms with Crippen molar-refractivity contribution < 1.29 is 8.42 Å². The standard InChI is InChI=1S/C11H18N2O2S2/c1-3-12-8(2)10-6-13-11(16-10)9-4-5-17(14,15)7-9/h6,8-9,12H,3-5,7H2,1-2H3. The van der Waals surface area contributed by atoms with Gasteiger partial charge in [0.15, 0.2) is 9.84 Å². The van der Waals surface area contributed by atoms with Gasteiger partial charge in [0.25, 0.3) is 0 Å². The molecule has 2 heterocycles. The van der Waals surface area contributed by atoms with Crippen LogP contribution in [0.2, 0.25) is 0 Å². The zero-order valence-corrected chi connectivity index (χ0v) is 11.8. The first-order chi connectivity index (χ1) is 8.02. The van der Waals surface area contributed by atoms with Gasteiger partial charge in [0, 0.05) is 23.0 Å². The molecule has 0 bridgehead atoms. The monoisotopic (exact) mass is 274 g/mol. The summed E-state index contributed by atoms with van der Waals surface area (Å²) in [5.41, 5.74) is 0. The molecule has 2 rings (SSSR count). The van der Waals surface area contributed by atoms with Crippen molar-refractivity contribution in [3.8, 4) is 0 Å². The lowest BCUT2D eigenvalue weighted by Crippen LogP contribution is -2.16. The Morgan fingerprint density at radius 2 is 2.41 bits per heavy atom. The minimum Gasteiger partial charge on any atom is -0.310 e. The molecule has 1 aliphatic rings. The van der Waals surface area contributed by atoms with Crippen LogP contribution in [-0.4, -0.2) is 31.5 Å². The average Bonchev–Trinajstić information content (AvgIpc) is 2.84. The van der Waals surface area contributed by atoms with Crippen LogP contribution in [0.1, 0.15) is 42.1 Å². The van der Waals surface area contributed by atoms with Crippen LogP contribution in [0.15, 0.2) is 6.20 Å². The van der Waals surface area contributed by atoms with Crippen LogP contribution < -0.4 is 5.32 Å². The predicted octanol–water partition coefficient (Wildman–Crippen LogP) is 1.72. The highest BCUT2D eigenvalue weighted by atomic mass is 32.2. The Morgan fingerprint density at radius 3 is 3.00 bits per heavy atom. The van der Waals surface area contributed by atoms with Crippen LogP contribution >= 0.6 is 11.3 Å². The number of thiazole rings is 1. The molecule has 0 spiro atoms. The van der Waals surface area contributed by atoms with Crippen LogP contribution in [0.3, 0.4) is 0 Å². The smallest absolute Gasteiger partial charge is 0.151 e. The quantitative estimate of drug-likeness (QED) is 0.908. The largest absolute Gasteiger partial charge is 0.310 e. The molecule has 0 radical (unpaired) electrons. The lowest BCUT2D eigenvalue weighted by Gasteiger charge is -2.08. The molecule has 96 valence electrons. The summed E-state index contributed by atoms with van der Waals surface area (Å²) in [4.78, 5) is 5.57. The molecule has 4 nitrogen and oxygen atoms in total. The van der Waals surface area contributed by atoms with Crippen LogP contribution in [-0.2, 0) is 9.84 Å². The summed E-state index contributed by atoms with van der Waals surface area (Å²) in [6, 6.07) is 0.296. The third kappa shape index (κ3) is 3.05. The Labute approximate surface area is 106 Å². The summed E-state index contributed by atoms with van der Waals surface area (Å²) in [5.74, 6) is 0.706. The van der Waals surface area contributed by atoms with E-state index in [0.717, 1.165) is 18.0 Å². The van der Waals surface area contributed by atoms with Crippen molar-refractivity contribution in [2.24, 2.45) is 0 Å². The molecule has 2 atom stereocenters. The van der Waals surface area contributed by atoms with Crippen molar-refractivity contribution in [3.63, 3.8) is 0 Å². The molecule has 1 aromatic rings. The maximum absolute atomic E-state index is 11.4. The molecule has 1 N–H and O–H groups in total. The van der Waals surface area contributed by atoms with Crippen molar-refractivity contribution in [3.05, 3.63) is 16.1 Å². The Kier molecular flexibility index (Phi) is 3.85. The maximum Gasteiger partial charge on any atom is 0.151 e. The number of sulfone groups is 1. The van der Waals surface area contributed by atoms with Crippen molar-refractivity contribution in [1.29, 1.82) is 0 Å². The Morgan fingerprint density at radius 1 is 1.65 bits per heavy atom. The van der Waals surface area contributed by atoms with E-state index in [2.05, 4.69) is 24.1 Å². The van der Waals surface area contributed by atoms with Crippen molar-refractivity contribution >= 4 is 21.2 Å². The molecule has 1 fully saturated rings. The molecular formula is C11H18N2O2S2. The average molecular weight is 274 g/mol. The molecule has 0 aliphatic carbocycles. The van der Waals surface area contributed by atoms with Crippen LogP contribution in [0.4, 0.5) is 0 Å². The number of aromatic nitrogens is 1. The Hall–Kier alpha value is -0.460. The van der Waals surface area contributed by atoms with Crippen LogP contribution in [0, 0.1) is 0 Å². The molecular weight excluding hydrogens is 256 g/mol. The number of hydrogen-bond donors (Lipinski definition) is 1. The topological polar surface area (TPSA) is 59.1 Å². The molecule has 6 heteroatoms. The molecule has 2 unspecified atom stereocenters. The van der Waals surface area contributed by atoms with Gasteiger partial charge in [0.2, 0.25) is 0 Å². The fourth-order valence-electron chi connectivity index (χ4n) is 2.09. The highest BCUT2D eigenvalue weighted by Gasteiger charge is 2.31. The summed E-state index contributed by atoms with van der Waals surface area (Å²) in [7, 11) is -2.81. The van der Waals surface area contributed by atoms with E-state index in [4.69, 9.17) is 0 Å². The SMILES string of the molecule is CCNC(C)c1cnc(C2CCS(=O)(=O)C2)s1. The second kappa shape index (κ2) is 5.04. The first-order valence-electron chi connectivity index (χ1n) is 5.91. The molecule has 0 saturated carbocycles. The normalized spacial score (nSPS) is 24.9. The first-order valence-corrected chi connectivity index (χ1v) is 8.55. The maximum atomic E-state index is 11.4. The number of rotatable bonds is 4. The molecule has 0 amide bonds. The zero-order valence-electron chi connectivity index (χ0n) is 10.1. The van der Waals surface area contributed by atoms with E-state index in [0.29, 0.717) is 11.8 Å². The van der Waals surface area contributed by atoms with Crippen molar-refractivity contribution in [1.82, 2.24) is 10.3 Å². The third-order valence-corrected chi connectivity index (χ3v) is 6.17. The van der Waals surface area contributed by atoms with Gasteiger partial charge in [0.05, 0.1) is 16.5 Å². The van der Waals surface area contributed by atoms with Gasteiger partial charge in [-0.25, -0.2) is 13.4 Å². The minimum atomic E-state index is -2.81. The highest BCUT2D eigenvalue weighted by Crippen LogP contribution is 2.33. The highest BCUT2D eigenvalue weighted by molar-refractivity contribution is 7.91. The van der Waals surface area contributed by atoms with Gasteiger partial charge in [0.1, 0.15) is 0 Å². The first kappa shape index (κ1) is 13.0. The lowest BCUT2D eigenvalue weighted by atomic mass is 10.1. The predicted molar refractivity (Wildman–Crippen MR) is 70.2 cm³/mol. The van der Waals surface area contributed by atoms with E-state index in [1.807, 2.05) is 6.20 Å². The molecule has 0 aromatic carbocycles. The summed E-state index contributed by atoms with van der Waals surface area (Å²) < 4.78 is 22.8. The Balaban J connectivity index is 2.09. The van der Waals surface area contributed by atoms with E-state index in [-0.39, 0.29) is 11.7 Å². The van der Waals surface area contributed by atoms with Gasteiger partial charge >= 0.3 is 0 Å². The number of nitrogens with one attached hydrogen (secondary N) is 1. The summed E-state index contributed by atoms with van der Waals surface area (Å²) >= 11 is 1.64. The fraction of sp³-hybridized carbons (Fsp3) is 0.727. The van der Waals surface area contributed by atoms with E-state index < -0.39 is 9.84 Å². The van der Waals surface area contributed by atoms with Gasteiger partial charge in [-0.2, -0.15) is 0 Å². The lowest BCUT2D eigenvalue weighted by molar-refractivity contribution is 0.601. The fourth-order valence-corrected chi connectivity index (χ4v) is 5.02. The van der Waals surface area contributed by atoms with Crippen molar-refractivity contribution in [2.45, 2.75) is 32.2 Å². The number of nitrogens with zero attached hydrogens (tertiary/aromatic N) is 1. The Bertz CT molecular complexity index is 481. The minimum absolute atomic E-state index is 0.118. The summed E-state index contributed by atoms with van der Waals surface area (Å²) in [5, 5.41) is 4.31. The van der Waals surface area contributed by atoms with Crippen LogP contribution in [0.5, 0.6) is 0 Å². The second-order valence-corrected chi connectivity index (χ2v) is 7.80. The van der Waals surface area contributed by atoms with Crippen LogP contribution in [0.25, 0.3) is 0 Å². The van der Waals surface area contributed by atoms with Gasteiger partial charge in [-0.05, 0) is 19.9 Å². The van der Waals surface area contributed by atoms with E-state index in [1.54, 1.807) is 11.3 Å².